The van der Waals surface area contributed by atoms with Crippen molar-refractivity contribution in [3.8, 4) is 0 Å². The van der Waals surface area contributed by atoms with Crippen LogP contribution in [0.5, 0.6) is 0 Å². The molecule has 6 heteroatoms. The summed E-state index contributed by atoms with van der Waals surface area (Å²) >= 11 is 0. The van der Waals surface area contributed by atoms with Crippen LogP contribution in [-0.2, 0) is 27.5 Å². The van der Waals surface area contributed by atoms with Crippen molar-refractivity contribution < 1.29 is 13.2 Å². The van der Waals surface area contributed by atoms with E-state index in [0.29, 0.717) is 6.42 Å². The molecule has 0 spiro atoms. The van der Waals surface area contributed by atoms with Gasteiger partial charge in [0.05, 0.1) is 11.5 Å². The fourth-order valence-electron chi connectivity index (χ4n) is 3.45. The Morgan fingerprint density at radius 3 is 2.78 bits per heavy atom. The molecule has 2 atom stereocenters. The lowest BCUT2D eigenvalue weighted by Gasteiger charge is -2.23. The highest BCUT2D eigenvalue weighted by atomic mass is 32.2. The highest BCUT2D eigenvalue weighted by Gasteiger charge is 2.30. The third-order valence-corrected chi connectivity index (χ3v) is 6.51. The van der Waals surface area contributed by atoms with Gasteiger partial charge in [0.2, 0.25) is 5.91 Å². The molecule has 0 radical (unpaired) electrons. The molecule has 1 amide bonds. The molecule has 0 unspecified atom stereocenters. The highest BCUT2D eigenvalue weighted by Crippen LogP contribution is 2.28. The summed E-state index contributed by atoms with van der Waals surface area (Å²) < 4.78 is 23.0. The van der Waals surface area contributed by atoms with Crippen LogP contribution in [0, 0.1) is 0 Å². The number of rotatable bonds is 4. The summed E-state index contributed by atoms with van der Waals surface area (Å²) in [5.41, 5.74) is 3.72. The van der Waals surface area contributed by atoms with Gasteiger partial charge in [-0.25, -0.2) is 8.42 Å². The van der Waals surface area contributed by atoms with E-state index in [2.05, 4.69) is 16.7 Å². The van der Waals surface area contributed by atoms with Gasteiger partial charge in [-0.05, 0) is 56.2 Å². The maximum absolute atomic E-state index is 12.3. The van der Waals surface area contributed by atoms with E-state index in [1.807, 2.05) is 19.1 Å². The van der Waals surface area contributed by atoms with Crippen LogP contribution in [-0.4, -0.2) is 37.9 Å². The first kappa shape index (κ1) is 16.3. The van der Waals surface area contributed by atoms with E-state index in [1.165, 1.54) is 24.0 Å². The average molecular weight is 336 g/mol. The number of fused-ring (bicyclic) bond motifs is 1. The summed E-state index contributed by atoms with van der Waals surface area (Å²) in [5, 5.41) is 6.16. The Morgan fingerprint density at radius 2 is 2.04 bits per heavy atom. The molecule has 2 N–H and O–H groups in total. The molecule has 1 aromatic carbocycles. The van der Waals surface area contributed by atoms with Crippen LogP contribution in [0.4, 0.5) is 5.69 Å². The summed E-state index contributed by atoms with van der Waals surface area (Å²) in [6, 6.07) is 5.58. The fraction of sp³-hybridized carbons (Fsp3) is 0.588. The fourth-order valence-corrected chi connectivity index (χ4v) is 5.12. The molecule has 0 aromatic heterocycles. The number of nitrogens with one attached hydrogen (secondary N) is 2. The zero-order valence-electron chi connectivity index (χ0n) is 13.5. The van der Waals surface area contributed by atoms with Crippen molar-refractivity contribution in [3.63, 3.8) is 0 Å². The summed E-state index contributed by atoms with van der Waals surface area (Å²) in [7, 11) is -2.97. The molecule has 3 rings (SSSR count). The zero-order chi connectivity index (χ0) is 16.4. The first-order chi connectivity index (χ1) is 10.9. The van der Waals surface area contributed by atoms with Gasteiger partial charge in [0.15, 0.2) is 9.84 Å². The predicted octanol–water partition coefficient (Wildman–Crippen LogP) is 1.67. The molecule has 1 aliphatic carbocycles. The maximum Gasteiger partial charge on any atom is 0.242 e. The van der Waals surface area contributed by atoms with Crippen LogP contribution in [0.15, 0.2) is 18.2 Å². The van der Waals surface area contributed by atoms with Crippen molar-refractivity contribution in [2.75, 3.05) is 16.8 Å². The Labute approximate surface area is 137 Å². The van der Waals surface area contributed by atoms with E-state index < -0.39 is 9.84 Å². The van der Waals surface area contributed by atoms with Crippen LogP contribution in [0.25, 0.3) is 0 Å². The molecule has 23 heavy (non-hydrogen) atoms. The minimum absolute atomic E-state index is 0.0617. The third-order valence-electron chi connectivity index (χ3n) is 4.74. The van der Waals surface area contributed by atoms with E-state index in [4.69, 9.17) is 0 Å². The van der Waals surface area contributed by atoms with Crippen LogP contribution in [0.3, 0.4) is 0 Å². The largest absolute Gasteiger partial charge is 0.374 e. The topological polar surface area (TPSA) is 75.3 Å². The zero-order valence-corrected chi connectivity index (χ0v) is 14.3. The molecule has 1 aliphatic heterocycles. The van der Waals surface area contributed by atoms with Crippen LogP contribution < -0.4 is 10.6 Å². The summed E-state index contributed by atoms with van der Waals surface area (Å²) in [6.07, 6.45) is 5.08. The maximum atomic E-state index is 12.3. The Balaban J connectivity index is 1.63. The number of anilines is 1. The molecule has 1 heterocycles. The summed E-state index contributed by atoms with van der Waals surface area (Å²) in [6.45, 7) is 1.82. The van der Waals surface area contributed by atoms with Gasteiger partial charge in [0.1, 0.15) is 6.04 Å². The van der Waals surface area contributed by atoms with Crippen molar-refractivity contribution in [2.45, 2.75) is 51.1 Å². The van der Waals surface area contributed by atoms with Crippen molar-refractivity contribution >= 4 is 21.4 Å². The first-order valence-corrected chi connectivity index (χ1v) is 10.1. The Bertz CT molecular complexity index is 700. The Kier molecular flexibility index (Phi) is 4.62. The number of hydrogen-bond acceptors (Lipinski definition) is 4. The normalized spacial score (nSPS) is 23.8. The number of hydrogen-bond donors (Lipinski definition) is 2. The molecule has 5 nitrogen and oxygen atoms in total. The van der Waals surface area contributed by atoms with Crippen molar-refractivity contribution in [1.82, 2.24) is 5.32 Å². The number of carbonyl (C=O) groups is 1. The van der Waals surface area contributed by atoms with Crippen LogP contribution >= 0.6 is 0 Å². The number of carbonyl (C=O) groups excluding carboxylic acids is 1. The van der Waals surface area contributed by atoms with Crippen LogP contribution in [0.2, 0.25) is 0 Å². The van der Waals surface area contributed by atoms with Gasteiger partial charge in [-0.3, -0.25) is 4.79 Å². The van der Waals surface area contributed by atoms with Crippen LogP contribution in [0.1, 0.15) is 37.3 Å². The standard InChI is InChI=1S/C17H24N2O3S/c1-12(17(20)19-14-9-10-23(21,22)11-14)18-16-8-4-6-13-5-2-3-7-15(13)16/h4,6,8,12,14,18H,2-3,5,7,9-11H2,1H3,(H,19,20)/t12-,14-/m0/s1. The smallest absolute Gasteiger partial charge is 0.242 e. The van der Waals surface area contributed by atoms with Crippen molar-refractivity contribution in [2.24, 2.45) is 0 Å². The molecule has 0 bridgehead atoms. The van der Waals surface area contributed by atoms with Gasteiger partial charge in [-0.2, -0.15) is 0 Å². The average Bonchev–Trinajstić information content (AvgIpc) is 2.86. The lowest BCUT2D eigenvalue weighted by Crippen LogP contribution is -2.43. The Morgan fingerprint density at radius 1 is 1.26 bits per heavy atom. The third kappa shape index (κ3) is 3.86. The number of sulfone groups is 1. The lowest BCUT2D eigenvalue weighted by molar-refractivity contribution is -0.122. The van der Waals surface area contributed by atoms with Gasteiger partial charge in [0, 0.05) is 11.7 Å². The second-order valence-electron chi connectivity index (χ2n) is 6.62. The minimum atomic E-state index is -2.97. The molecule has 1 fully saturated rings. The van der Waals surface area contributed by atoms with Crippen molar-refractivity contribution in [1.29, 1.82) is 0 Å². The molecule has 2 aliphatic rings. The van der Waals surface area contributed by atoms with Gasteiger partial charge < -0.3 is 10.6 Å². The number of amides is 1. The monoisotopic (exact) mass is 336 g/mol. The quantitative estimate of drug-likeness (QED) is 0.877. The van der Waals surface area contributed by atoms with Gasteiger partial charge in [0.25, 0.3) is 0 Å². The Hall–Kier alpha value is -1.56. The summed E-state index contributed by atoms with van der Waals surface area (Å²) in [5.74, 6) is 0.0959. The highest BCUT2D eigenvalue weighted by molar-refractivity contribution is 7.91. The second-order valence-corrected chi connectivity index (χ2v) is 8.85. The molecule has 0 saturated carbocycles. The van der Waals surface area contributed by atoms with Gasteiger partial charge in [-0.15, -0.1) is 0 Å². The van der Waals surface area contributed by atoms with Gasteiger partial charge >= 0.3 is 0 Å². The SMILES string of the molecule is C[C@H](Nc1cccc2c1CCCC2)C(=O)N[C@H]1CCS(=O)(=O)C1. The van der Waals surface area contributed by atoms with Gasteiger partial charge in [-0.1, -0.05) is 12.1 Å². The predicted molar refractivity (Wildman–Crippen MR) is 91.4 cm³/mol. The number of aryl methyl sites for hydroxylation is 1. The lowest BCUT2D eigenvalue weighted by atomic mass is 9.90. The molecular formula is C17H24N2O3S. The van der Waals surface area contributed by atoms with E-state index in [9.17, 15) is 13.2 Å². The molecular weight excluding hydrogens is 312 g/mol. The van der Waals surface area contributed by atoms with E-state index in [1.54, 1.807) is 0 Å². The van der Waals surface area contributed by atoms with Crippen molar-refractivity contribution in [3.05, 3.63) is 29.3 Å². The minimum Gasteiger partial charge on any atom is -0.374 e. The number of benzene rings is 1. The van der Waals surface area contributed by atoms with E-state index >= 15 is 0 Å². The second kappa shape index (κ2) is 6.51. The van der Waals surface area contributed by atoms with E-state index in [-0.39, 0.29) is 29.5 Å². The summed E-state index contributed by atoms with van der Waals surface area (Å²) in [4.78, 5) is 12.3. The van der Waals surface area contributed by atoms with E-state index in [0.717, 1.165) is 18.5 Å². The first-order valence-electron chi connectivity index (χ1n) is 8.33. The molecule has 1 saturated heterocycles. The molecule has 126 valence electrons. The molecule has 1 aromatic rings.